The fraction of sp³-hybridized carbons (Fsp3) is 0.250. The van der Waals surface area contributed by atoms with E-state index in [0.29, 0.717) is 36.7 Å². The van der Waals surface area contributed by atoms with Gasteiger partial charge < -0.3 is 14.2 Å². The summed E-state index contributed by atoms with van der Waals surface area (Å²) in [4.78, 5) is 25.2. The zero-order chi connectivity index (χ0) is 20.1. The average molecular weight is 394 g/mol. The van der Waals surface area contributed by atoms with Crippen molar-refractivity contribution in [2.24, 2.45) is 0 Å². The van der Waals surface area contributed by atoms with Gasteiger partial charge in [0, 0.05) is 12.0 Å². The van der Waals surface area contributed by atoms with Crippen molar-refractivity contribution < 1.29 is 23.8 Å². The van der Waals surface area contributed by atoms with E-state index in [1.807, 2.05) is 30.3 Å². The number of carbonyl (C=O) groups is 2. The van der Waals surface area contributed by atoms with Crippen molar-refractivity contribution >= 4 is 11.8 Å². The van der Waals surface area contributed by atoms with Crippen molar-refractivity contribution in [1.29, 1.82) is 0 Å². The Morgan fingerprint density at radius 3 is 2.62 bits per heavy atom. The fourth-order valence-corrected chi connectivity index (χ4v) is 2.97. The fourth-order valence-electron chi connectivity index (χ4n) is 2.97. The van der Waals surface area contributed by atoms with E-state index in [4.69, 9.17) is 14.2 Å². The number of rotatable bonds is 7. The molecule has 1 aliphatic rings. The molecule has 1 aromatic heterocycles. The SMILES string of the molecule is O=C(COC(=O)[C@@H](Cc1ccccc1)n1cnnn1)c1ccc2c(c1)OCCO2. The second kappa shape index (κ2) is 8.51. The molecule has 29 heavy (non-hydrogen) atoms. The molecule has 0 radical (unpaired) electrons. The molecule has 0 fully saturated rings. The van der Waals surface area contributed by atoms with Crippen LogP contribution in [-0.2, 0) is 16.0 Å². The lowest BCUT2D eigenvalue weighted by Gasteiger charge is -2.19. The van der Waals surface area contributed by atoms with Gasteiger partial charge in [-0.2, -0.15) is 0 Å². The third-order valence-corrected chi connectivity index (χ3v) is 4.44. The Labute approximate surface area is 166 Å². The molecule has 1 atom stereocenters. The molecule has 4 rings (SSSR count). The number of ether oxygens (including phenoxy) is 3. The summed E-state index contributed by atoms with van der Waals surface area (Å²) in [6.45, 7) is 0.497. The Balaban J connectivity index is 1.43. The van der Waals surface area contributed by atoms with Crippen LogP contribution in [0.3, 0.4) is 0 Å². The number of aromatic nitrogens is 4. The zero-order valence-electron chi connectivity index (χ0n) is 15.4. The maximum Gasteiger partial charge on any atom is 0.331 e. The third-order valence-electron chi connectivity index (χ3n) is 4.44. The number of esters is 1. The van der Waals surface area contributed by atoms with Crippen molar-refractivity contribution in [3.8, 4) is 11.5 Å². The molecule has 9 nitrogen and oxygen atoms in total. The van der Waals surface area contributed by atoms with Gasteiger partial charge in [0.15, 0.2) is 29.9 Å². The highest BCUT2D eigenvalue weighted by atomic mass is 16.6. The molecular weight excluding hydrogens is 376 g/mol. The molecule has 0 saturated carbocycles. The number of hydrogen-bond donors (Lipinski definition) is 0. The van der Waals surface area contributed by atoms with Crippen LogP contribution in [0.15, 0.2) is 54.9 Å². The lowest BCUT2D eigenvalue weighted by atomic mass is 10.1. The van der Waals surface area contributed by atoms with Crippen LogP contribution in [-0.4, -0.2) is 51.8 Å². The molecule has 2 aromatic carbocycles. The minimum Gasteiger partial charge on any atom is -0.486 e. The molecule has 148 valence electrons. The second-order valence-corrected chi connectivity index (χ2v) is 6.38. The highest BCUT2D eigenvalue weighted by Crippen LogP contribution is 2.30. The van der Waals surface area contributed by atoms with Crippen molar-refractivity contribution in [3.63, 3.8) is 0 Å². The Hall–Kier alpha value is -3.75. The quantitative estimate of drug-likeness (QED) is 0.440. The zero-order valence-corrected chi connectivity index (χ0v) is 15.4. The van der Waals surface area contributed by atoms with Crippen LogP contribution in [0, 0.1) is 0 Å². The smallest absolute Gasteiger partial charge is 0.331 e. The first-order chi connectivity index (χ1) is 14.2. The molecule has 1 aliphatic heterocycles. The number of nitrogens with zero attached hydrogens (tertiary/aromatic N) is 4. The Bertz CT molecular complexity index is 991. The number of tetrazole rings is 1. The largest absolute Gasteiger partial charge is 0.486 e. The first-order valence-electron chi connectivity index (χ1n) is 9.06. The van der Waals surface area contributed by atoms with Crippen LogP contribution >= 0.6 is 0 Å². The number of benzene rings is 2. The van der Waals surface area contributed by atoms with Gasteiger partial charge in [-0.25, -0.2) is 9.48 Å². The van der Waals surface area contributed by atoms with E-state index < -0.39 is 18.6 Å². The summed E-state index contributed by atoms with van der Waals surface area (Å²) in [5.74, 6) is 0.160. The molecule has 0 amide bonds. The van der Waals surface area contributed by atoms with Gasteiger partial charge in [-0.3, -0.25) is 4.79 Å². The topological polar surface area (TPSA) is 105 Å². The molecule has 0 aliphatic carbocycles. The van der Waals surface area contributed by atoms with E-state index in [0.717, 1.165) is 5.56 Å². The summed E-state index contributed by atoms with van der Waals surface area (Å²) in [7, 11) is 0. The van der Waals surface area contributed by atoms with E-state index in [2.05, 4.69) is 15.5 Å². The van der Waals surface area contributed by atoms with Crippen molar-refractivity contribution in [2.75, 3.05) is 19.8 Å². The lowest BCUT2D eigenvalue weighted by Crippen LogP contribution is -2.27. The number of ketones is 1. The van der Waals surface area contributed by atoms with Gasteiger partial charge in [-0.15, -0.1) is 5.10 Å². The minimum absolute atomic E-state index is 0.336. The predicted molar refractivity (Wildman–Crippen MR) is 99.7 cm³/mol. The van der Waals surface area contributed by atoms with E-state index in [1.165, 1.54) is 11.0 Å². The van der Waals surface area contributed by atoms with Gasteiger partial charge in [-0.05, 0) is 34.2 Å². The van der Waals surface area contributed by atoms with Crippen LogP contribution in [0.1, 0.15) is 22.0 Å². The van der Waals surface area contributed by atoms with Crippen molar-refractivity contribution in [1.82, 2.24) is 20.2 Å². The predicted octanol–water partition coefficient (Wildman–Crippen LogP) is 1.65. The van der Waals surface area contributed by atoms with Gasteiger partial charge in [0.2, 0.25) is 0 Å². The lowest BCUT2D eigenvalue weighted by molar-refractivity contribution is -0.146. The third kappa shape index (κ3) is 4.40. The van der Waals surface area contributed by atoms with Crippen LogP contribution in [0.25, 0.3) is 0 Å². The molecule has 2 heterocycles. The number of carbonyl (C=O) groups excluding carboxylic acids is 2. The first-order valence-corrected chi connectivity index (χ1v) is 9.06. The van der Waals surface area contributed by atoms with Gasteiger partial charge in [0.1, 0.15) is 19.5 Å². The molecule has 0 spiro atoms. The molecule has 9 heteroatoms. The molecule has 3 aromatic rings. The molecule has 0 unspecified atom stereocenters. The first kappa shape index (κ1) is 18.6. The van der Waals surface area contributed by atoms with E-state index >= 15 is 0 Å². The Morgan fingerprint density at radius 1 is 1.07 bits per heavy atom. The highest BCUT2D eigenvalue weighted by molar-refractivity contribution is 5.98. The summed E-state index contributed by atoms with van der Waals surface area (Å²) >= 11 is 0. The van der Waals surface area contributed by atoms with Gasteiger partial charge in [0.05, 0.1) is 0 Å². The van der Waals surface area contributed by atoms with Crippen LogP contribution in [0.4, 0.5) is 0 Å². The normalized spacial score (nSPS) is 13.5. The monoisotopic (exact) mass is 394 g/mol. The van der Waals surface area contributed by atoms with Crippen molar-refractivity contribution in [2.45, 2.75) is 12.5 Å². The number of Topliss-reactive ketones (excluding diaryl/α,β-unsaturated/α-hetero) is 1. The van der Waals surface area contributed by atoms with Crippen LogP contribution < -0.4 is 9.47 Å². The standard InChI is InChI=1S/C20H18N4O5/c25-17(15-6-7-18-19(11-15)28-9-8-27-18)12-29-20(26)16(24-13-21-22-23-24)10-14-4-2-1-3-5-14/h1-7,11,13,16H,8-10,12H2/t16-/m1/s1. The van der Waals surface area contributed by atoms with E-state index in [-0.39, 0.29) is 5.78 Å². The molecular formula is C20H18N4O5. The molecule has 0 N–H and O–H groups in total. The van der Waals surface area contributed by atoms with Gasteiger partial charge in [0.25, 0.3) is 0 Å². The van der Waals surface area contributed by atoms with E-state index in [1.54, 1.807) is 18.2 Å². The summed E-state index contributed by atoms with van der Waals surface area (Å²) in [5, 5.41) is 11.0. The van der Waals surface area contributed by atoms with Crippen LogP contribution in [0.5, 0.6) is 11.5 Å². The number of fused-ring (bicyclic) bond motifs is 1. The average Bonchev–Trinajstić information content (AvgIpc) is 3.30. The summed E-state index contributed by atoms with van der Waals surface area (Å²) < 4.78 is 17.5. The second-order valence-electron chi connectivity index (χ2n) is 6.38. The minimum atomic E-state index is -0.777. The maximum absolute atomic E-state index is 12.7. The summed E-state index contributed by atoms with van der Waals surface area (Å²) in [6, 6.07) is 13.5. The highest BCUT2D eigenvalue weighted by Gasteiger charge is 2.25. The molecule has 0 bridgehead atoms. The Morgan fingerprint density at radius 2 is 1.86 bits per heavy atom. The van der Waals surface area contributed by atoms with E-state index in [9.17, 15) is 9.59 Å². The summed E-state index contributed by atoms with van der Waals surface area (Å²) in [6.07, 6.45) is 1.68. The van der Waals surface area contributed by atoms with Gasteiger partial charge >= 0.3 is 5.97 Å². The van der Waals surface area contributed by atoms with Gasteiger partial charge in [-0.1, -0.05) is 30.3 Å². The number of hydrogen-bond acceptors (Lipinski definition) is 8. The molecule has 0 saturated heterocycles. The Kier molecular flexibility index (Phi) is 5.46. The van der Waals surface area contributed by atoms with Crippen LogP contribution in [0.2, 0.25) is 0 Å². The van der Waals surface area contributed by atoms with Crippen molar-refractivity contribution in [3.05, 3.63) is 66.0 Å². The maximum atomic E-state index is 12.7. The summed E-state index contributed by atoms with van der Waals surface area (Å²) in [5.41, 5.74) is 1.30.